The minimum atomic E-state index is -0.528. The van der Waals surface area contributed by atoms with Gasteiger partial charge in [-0.3, -0.25) is 9.36 Å². The summed E-state index contributed by atoms with van der Waals surface area (Å²) in [6.07, 6.45) is 3.00. The van der Waals surface area contributed by atoms with Crippen LogP contribution in [0.3, 0.4) is 0 Å². The molecular weight excluding hydrogens is 402 g/mol. The molecule has 0 radical (unpaired) electrons. The minimum absolute atomic E-state index is 0.154. The zero-order valence-electron chi connectivity index (χ0n) is 13.6. The number of halogens is 1. The SMILES string of the molecule is CCOC(=O)c1cnn2c1nnc1c(=O)n(-c3ccc(Br)cc3)ccc12. The molecular formula is C17H12BrN5O3. The fraction of sp³-hybridized carbons (Fsp3) is 0.118. The number of ether oxygens (including phenoxy) is 1. The Labute approximate surface area is 155 Å². The van der Waals surface area contributed by atoms with Crippen molar-refractivity contribution in [1.29, 1.82) is 0 Å². The van der Waals surface area contributed by atoms with Gasteiger partial charge in [0.25, 0.3) is 5.56 Å². The Morgan fingerprint density at radius 3 is 2.69 bits per heavy atom. The Morgan fingerprint density at radius 2 is 1.96 bits per heavy atom. The van der Waals surface area contributed by atoms with Crippen molar-refractivity contribution in [2.75, 3.05) is 6.61 Å². The maximum atomic E-state index is 12.8. The van der Waals surface area contributed by atoms with Crippen LogP contribution in [0.2, 0.25) is 0 Å². The molecule has 0 N–H and O–H groups in total. The summed E-state index contributed by atoms with van der Waals surface area (Å²) in [4.78, 5) is 24.8. The van der Waals surface area contributed by atoms with Gasteiger partial charge < -0.3 is 4.74 Å². The number of benzene rings is 1. The standard InChI is InChI=1S/C17H12BrN5O3/c1-2-26-17(25)12-9-19-23-13-7-8-22(11-5-3-10(18)4-6-11)16(24)14(13)20-21-15(12)23/h3-9H,2H2,1H3. The summed E-state index contributed by atoms with van der Waals surface area (Å²) >= 11 is 3.37. The first-order chi connectivity index (χ1) is 12.6. The Kier molecular flexibility index (Phi) is 4.00. The molecule has 1 aromatic carbocycles. The van der Waals surface area contributed by atoms with Crippen LogP contribution in [0.25, 0.3) is 22.4 Å². The van der Waals surface area contributed by atoms with Gasteiger partial charge in [-0.2, -0.15) is 5.10 Å². The number of pyridine rings is 1. The van der Waals surface area contributed by atoms with E-state index in [4.69, 9.17) is 4.74 Å². The molecule has 0 aliphatic rings. The van der Waals surface area contributed by atoms with Gasteiger partial charge in [0.1, 0.15) is 11.1 Å². The van der Waals surface area contributed by atoms with E-state index in [2.05, 4.69) is 31.2 Å². The molecule has 0 bridgehead atoms. The zero-order chi connectivity index (χ0) is 18.3. The van der Waals surface area contributed by atoms with Crippen LogP contribution in [0.1, 0.15) is 17.3 Å². The lowest BCUT2D eigenvalue weighted by molar-refractivity contribution is 0.0528. The highest BCUT2D eigenvalue weighted by atomic mass is 79.9. The van der Waals surface area contributed by atoms with Crippen LogP contribution < -0.4 is 5.56 Å². The second kappa shape index (κ2) is 6.34. The molecule has 8 nitrogen and oxygen atoms in total. The van der Waals surface area contributed by atoms with Crippen LogP contribution in [0.15, 0.2) is 52.0 Å². The number of rotatable bonds is 3. The van der Waals surface area contributed by atoms with E-state index in [1.54, 1.807) is 19.2 Å². The van der Waals surface area contributed by atoms with E-state index in [0.717, 1.165) is 4.47 Å². The molecule has 0 aliphatic heterocycles. The number of carbonyl (C=O) groups is 1. The molecule has 4 aromatic rings. The van der Waals surface area contributed by atoms with E-state index >= 15 is 0 Å². The van der Waals surface area contributed by atoms with Crippen molar-refractivity contribution in [2.45, 2.75) is 6.92 Å². The van der Waals surface area contributed by atoms with Gasteiger partial charge in [0.05, 0.1) is 12.8 Å². The van der Waals surface area contributed by atoms with Gasteiger partial charge in [-0.25, -0.2) is 9.31 Å². The smallest absolute Gasteiger partial charge is 0.343 e. The van der Waals surface area contributed by atoms with Gasteiger partial charge in [0.15, 0.2) is 11.2 Å². The van der Waals surface area contributed by atoms with Crippen LogP contribution in [0.5, 0.6) is 0 Å². The van der Waals surface area contributed by atoms with Gasteiger partial charge in [-0.15, -0.1) is 10.2 Å². The highest BCUT2D eigenvalue weighted by molar-refractivity contribution is 9.10. The summed E-state index contributed by atoms with van der Waals surface area (Å²) in [7, 11) is 0. The zero-order valence-corrected chi connectivity index (χ0v) is 15.2. The van der Waals surface area contributed by atoms with Crippen molar-refractivity contribution < 1.29 is 9.53 Å². The van der Waals surface area contributed by atoms with E-state index in [1.807, 2.05) is 24.3 Å². The second-order valence-electron chi connectivity index (χ2n) is 5.42. The molecule has 0 fully saturated rings. The van der Waals surface area contributed by atoms with Gasteiger partial charge in [0, 0.05) is 16.4 Å². The third kappa shape index (κ3) is 2.57. The molecule has 0 atom stereocenters. The average Bonchev–Trinajstić information content (AvgIpc) is 3.08. The molecule has 0 amide bonds. The molecule has 3 heterocycles. The second-order valence-corrected chi connectivity index (χ2v) is 6.33. The topological polar surface area (TPSA) is 91.4 Å². The monoisotopic (exact) mass is 413 g/mol. The fourth-order valence-corrected chi connectivity index (χ4v) is 2.91. The van der Waals surface area contributed by atoms with E-state index in [-0.39, 0.29) is 28.9 Å². The van der Waals surface area contributed by atoms with E-state index in [9.17, 15) is 9.59 Å². The number of hydrogen-bond acceptors (Lipinski definition) is 6. The van der Waals surface area contributed by atoms with Crippen molar-refractivity contribution in [2.24, 2.45) is 0 Å². The predicted octanol–water partition coefficient (Wildman–Crippen LogP) is 2.37. The van der Waals surface area contributed by atoms with Crippen LogP contribution in [0, 0.1) is 0 Å². The van der Waals surface area contributed by atoms with E-state index in [0.29, 0.717) is 11.2 Å². The van der Waals surface area contributed by atoms with Crippen molar-refractivity contribution in [3.8, 4) is 5.69 Å². The molecule has 0 spiro atoms. The maximum Gasteiger partial charge on any atom is 0.343 e. The van der Waals surface area contributed by atoms with Crippen molar-refractivity contribution >= 4 is 38.6 Å². The number of carbonyl (C=O) groups excluding carboxylic acids is 1. The Balaban J connectivity index is 1.91. The lowest BCUT2D eigenvalue weighted by atomic mass is 10.3. The third-order valence-electron chi connectivity index (χ3n) is 3.86. The summed E-state index contributed by atoms with van der Waals surface area (Å²) in [6, 6.07) is 9.04. The maximum absolute atomic E-state index is 12.8. The summed E-state index contributed by atoms with van der Waals surface area (Å²) in [5.41, 5.74) is 1.45. The van der Waals surface area contributed by atoms with Gasteiger partial charge >= 0.3 is 5.97 Å². The normalized spacial score (nSPS) is 11.2. The van der Waals surface area contributed by atoms with Gasteiger partial charge in [-0.05, 0) is 37.3 Å². The molecule has 0 saturated carbocycles. The first kappa shape index (κ1) is 16.4. The average molecular weight is 414 g/mol. The minimum Gasteiger partial charge on any atom is -0.462 e. The van der Waals surface area contributed by atoms with Crippen molar-refractivity contribution in [3.63, 3.8) is 0 Å². The Morgan fingerprint density at radius 1 is 1.19 bits per heavy atom. The van der Waals surface area contributed by atoms with Crippen LogP contribution in [0.4, 0.5) is 0 Å². The van der Waals surface area contributed by atoms with Crippen molar-refractivity contribution in [1.82, 2.24) is 24.4 Å². The summed E-state index contributed by atoms with van der Waals surface area (Å²) in [6.45, 7) is 1.96. The summed E-state index contributed by atoms with van der Waals surface area (Å²) < 4.78 is 8.80. The number of aromatic nitrogens is 5. The molecule has 26 heavy (non-hydrogen) atoms. The van der Waals surface area contributed by atoms with E-state index in [1.165, 1.54) is 15.3 Å². The van der Waals surface area contributed by atoms with Gasteiger partial charge in [-0.1, -0.05) is 15.9 Å². The highest BCUT2D eigenvalue weighted by Crippen LogP contribution is 2.16. The molecule has 130 valence electrons. The first-order valence-corrected chi connectivity index (χ1v) is 8.58. The Bertz CT molecular complexity index is 1200. The fourth-order valence-electron chi connectivity index (χ4n) is 2.65. The van der Waals surface area contributed by atoms with Crippen LogP contribution in [-0.2, 0) is 4.74 Å². The number of nitrogens with zero attached hydrogens (tertiary/aromatic N) is 5. The first-order valence-electron chi connectivity index (χ1n) is 7.79. The number of hydrogen-bond donors (Lipinski definition) is 0. The summed E-state index contributed by atoms with van der Waals surface area (Å²) in [5.74, 6) is -0.528. The molecule has 9 heteroatoms. The molecule has 4 rings (SSSR count). The van der Waals surface area contributed by atoms with Crippen LogP contribution >= 0.6 is 15.9 Å². The molecule has 0 aliphatic carbocycles. The lowest BCUT2D eigenvalue weighted by Crippen LogP contribution is -2.20. The molecule has 3 aromatic heterocycles. The van der Waals surface area contributed by atoms with Crippen molar-refractivity contribution in [3.05, 3.63) is 63.1 Å². The number of fused-ring (bicyclic) bond motifs is 3. The molecule has 0 saturated heterocycles. The third-order valence-corrected chi connectivity index (χ3v) is 4.39. The predicted molar refractivity (Wildman–Crippen MR) is 97.5 cm³/mol. The Hall–Kier alpha value is -3.07. The lowest BCUT2D eigenvalue weighted by Gasteiger charge is -2.07. The van der Waals surface area contributed by atoms with Gasteiger partial charge in [0.2, 0.25) is 0 Å². The van der Waals surface area contributed by atoms with Crippen LogP contribution in [-0.4, -0.2) is 37.0 Å². The largest absolute Gasteiger partial charge is 0.462 e. The highest BCUT2D eigenvalue weighted by Gasteiger charge is 2.18. The molecule has 0 unspecified atom stereocenters. The quantitative estimate of drug-likeness (QED) is 0.478. The summed E-state index contributed by atoms with van der Waals surface area (Å²) in [5, 5.41) is 12.2. The number of esters is 1. The van der Waals surface area contributed by atoms with E-state index < -0.39 is 5.97 Å².